The molecule has 0 aromatic rings. The lowest BCUT2D eigenvalue weighted by Crippen LogP contribution is -1.75. The van der Waals surface area contributed by atoms with E-state index in [0.29, 0.717) is 0 Å². The van der Waals surface area contributed by atoms with Crippen molar-refractivity contribution in [1.29, 1.82) is 0 Å². The second-order valence-electron chi connectivity index (χ2n) is 5.54. The average molecular weight is 2420 g/mol. The fraction of sp³-hybridized carbons (Fsp3) is 1.00. The van der Waals surface area contributed by atoms with Crippen LogP contribution < -0.4 is 0 Å². The fourth-order valence-corrected chi connectivity index (χ4v) is 198. The highest BCUT2D eigenvalue weighted by atomic mass is 34.1. The molecule has 0 radical (unpaired) electrons. The zero-order valence-corrected chi connectivity index (χ0v) is 93.0. The molecule has 75 heteroatoms. The molecule has 0 rings (SSSR count). The lowest BCUT2D eigenvalue weighted by atomic mass is 12.0. The standard InChI is InChI=1S/CH4S75/c1-76(3,4)75-74-73-72-71-70-69-68-67-66-65-64-63-62-61-60-59-58-57-56-55-54-53-52-51-50-49-48-47-46-45-44-43-42-41-40-39-38-37-36-35-34-33-32-31-30-29-28-27-26-25-24-23-22-21-20-19-18-17-16-15-14-13-12-11-10-9-8-7-6-5-2/h2H,1H3. The molecule has 76 heavy (non-hydrogen) atoms. The van der Waals surface area contributed by atoms with E-state index >= 15 is 0 Å². The Morgan fingerprint density at radius 3 is 0.316 bits per heavy atom. The number of hydrogen-bond donors (Lipinski definition) is 1. The second kappa shape index (κ2) is 95.2. The van der Waals surface area contributed by atoms with Crippen LogP contribution in [0.1, 0.15) is 0 Å². The van der Waals surface area contributed by atoms with Crippen LogP contribution in [-0.2, 0) is 28.6 Å². The molecule has 0 aliphatic rings. The predicted molar refractivity (Wildman–Crippen MR) is 576 cm³/mol. The molecule has 0 aliphatic heterocycles. The first-order valence-corrected chi connectivity index (χ1v) is 112. The quantitative estimate of drug-likeness (QED) is 0.0349. The molecule has 0 aromatic carbocycles. The third kappa shape index (κ3) is 100.0. The Balaban J connectivity index is 3.08. The van der Waals surface area contributed by atoms with Gasteiger partial charge in [0.05, 0.1) is 0 Å². The van der Waals surface area contributed by atoms with Gasteiger partial charge < -0.3 is 0 Å². The first kappa shape index (κ1) is 102. The zero-order valence-electron chi connectivity index (χ0n) is 31.7. The summed E-state index contributed by atoms with van der Waals surface area (Å²) in [6, 6.07) is 0. The Morgan fingerprint density at radius 1 is 0.158 bits per heavy atom. The van der Waals surface area contributed by atoms with Crippen molar-refractivity contribution < 1.29 is 0 Å². The Morgan fingerprint density at radius 2 is 0.237 bits per heavy atom. The molecule has 0 heterocycles. The van der Waals surface area contributed by atoms with Gasteiger partial charge in [0, 0.05) is 547 Å². The number of thiol groups is 1. The van der Waals surface area contributed by atoms with Gasteiger partial charge in [0.1, 0.15) is 0 Å². The normalized spacial score (nSPS) is 12.0. The van der Waals surface area contributed by atoms with Crippen molar-refractivity contribution in [3.63, 3.8) is 0 Å². The molecule has 0 N–H and O–H groups in total. The van der Waals surface area contributed by atoms with Crippen molar-refractivity contribution in [2.75, 3.05) is 6.26 Å². The first-order valence-electron chi connectivity index (χ1n) is 12.8. The van der Waals surface area contributed by atoms with Crippen LogP contribution in [0.3, 0.4) is 0 Å². The van der Waals surface area contributed by atoms with E-state index < -0.39 is 6.18 Å². The van der Waals surface area contributed by atoms with E-state index in [-0.39, 0.29) is 0 Å². The van der Waals surface area contributed by atoms with Crippen LogP contribution >= 0.6 is 709 Å². The maximum atomic E-state index is 5.24. The SMILES string of the molecule is CS(=S)(=S)SSSSSSSSSSSSSSSSSSSSSSSSSSSSSSSSSSSSSSSSSSSSSSSSSSSSSSSSSSSSSSSSSSSSSSSS. The van der Waals surface area contributed by atoms with Gasteiger partial charge in [-0.2, -0.15) is 0 Å². The second-order valence-corrected chi connectivity index (χ2v) is 141. The molecule has 458 valence electrons. The molecule has 0 saturated carbocycles. The summed E-state index contributed by atoms with van der Waals surface area (Å²) < 4.78 is 0. The third-order valence-electron chi connectivity index (χ3n) is 2.07. The molecular weight excluding hydrogens is 2420 g/mol. The van der Waals surface area contributed by atoms with Gasteiger partial charge in [-0.05, 0) is 186 Å². The lowest BCUT2D eigenvalue weighted by molar-refractivity contribution is 2.53. The van der Waals surface area contributed by atoms with Gasteiger partial charge >= 0.3 is 0 Å². The van der Waals surface area contributed by atoms with E-state index in [2.05, 4.69) is 11.7 Å². The van der Waals surface area contributed by atoms with Crippen molar-refractivity contribution in [1.82, 2.24) is 0 Å². The van der Waals surface area contributed by atoms with Crippen LogP contribution in [0.5, 0.6) is 0 Å². The van der Waals surface area contributed by atoms with Crippen molar-refractivity contribution in [2.45, 2.75) is 0 Å². The van der Waals surface area contributed by atoms with Crippen molar-refractivity contribution in [3.05, 3.63) is 0 Å². The van der Waals surface area contributed by atoms with Crippen molar-refractivity contribution >= 4 is 738 Å². The summed E-state index contributed by atoms with van der Waals surface area (Å²) in [5.74, 6) is 0. The summed E-state index contributed by atoms with van der Waals surface area (Å²) in [5.41, 5.74) is 0. The maximum Gasteiger partial charge on any atom is 0.000468 e. The molecule has 0 spiro atoms. The minimum Gasteiger partial charge on any atom is -0.0988 e. The summed E-state index contributed by atoms with van der Waals surface area (Å²) in [4.78, 5) is 0. The molecule has 0 fully saturated rings. The van der Waals surface area contributed by atoms with E-state index in [0.717, 1.165) is 0 Å². The smallest absolute Gasteiger partial charge is 0.000468 e. The van der Waals surface area contributed by atoms with Crippen LogP contribution in [0.15, 0.2) is 0 Å². The van der Waals surface area contributed by atoms with Crippen LogP contribution in [0.4, 0.5) is 0 Å². The van der Waals surface area contributed by atoms with E-state index in [9.17, 15) is 0 Å². The monoisotopic (exact) mass is 2410 g/mol. The molecule has 0 amide bonds. The lowest BCUT2D eigenvalue weighted by Gasteiger charge is -2.00. The van der Waals surface area contributed by atoms with E-state index in [1.165, 1.54) is 9.83 Å². The third-order valence-corrected chi connectivity index (χ3v) is 164. The average Bonchev–Trinajstić information content (AvgIpc) is 3.41. The number of rotatable bonds is 71. The molecule has 0 aliphatic carbocycles. The van der Waals surface area contributed by atoms with Gasteiger partial charge in [-0.25, -0.2) is 0 Å². The molecule has 0 aromatic heterocycles. The molecule has 0 saturated heterocycles. The zero-order chi connectivity index (χ0) is 54.7. The van der Waals surface area contributed by atoms with Gasteiger partial charge in [-0.3, -0.25) is 0 Å². The van der Waals surface area contributed by atoms with E-state index in [4.69, 9.17) is 22.4 Å². The Kier molecular flexibility index (Phi) is 128. The summed E-state index contributed by atoms with van der Waals surface area (Å²) in [6.45, 7) is 0. The van der Waals surface area contributed by atoms with Crippen LogP contribution in [0.25, 0.3) is 0 Å². The van der Waals surface area contributed by atoms with Gasteiger partial charge in [0.25, 0.3) is 0 Å². The Hall–Kier alpha value is 26.0. The van der Waals surface area contributed by atoms with Gasteiger partial charge in [0.15, 0.2) is 0 Å². The van der Waals surface area contributed by atoms with E-state index in [1.54, 1.807) is 128 Å². The molecule has 0 bridgehead atoms. The molecule has 0 nitrogen and oxygen atoms in total. The summed E-state index contributed by atoms with van der Waals surface area (Å²) in [6.07, 6.45) is 0.656. The highest BCUT2D eigenvalue weighted by Crippen LogP contribution is 2.71. The van der Waals surface area contributed by atoms with Crippen LogP contribution in [0.2, 0.25) is 0 Å². The largest absolute Gasteiger partial charge is 0.0988 e. The fourth-order valence-electron chi connectivity index (χ4n) is 0.834. The summed E-state index contributed by atoms with van der Waals surface area (Å²) in [5, 5.41) is 0. The van der Waals surface area contributed by atoms with E-state index in [1.807, 2.05) is 566 Å². The molecular formula is CH4S75. The van der Waals surface area contributed by atoms with Gasteiger partial charge in [0.2, 0.25) is 0 Å². The van der Waals surface area contributed by atoms with Crippen molar-refractivity contribution in [3.8, 4) is 0 Å². The van der Waals surface area contributed by atoms with Gasteiger partial charge in [-0.1, -0.05) is 11.7 Å². The Bertz CT molecular complexity index is 1090. The molecule has 0 atom stereocenters. The van der Waals surface area contributed by atoms with Crippen molar-refractivity contribution in [2.24, 2.45) is 0 Å². The minimum atomic E-state index is -1.31. The van der Waals surface area contributed by atoms with Gasteiger partial charge in [-0.15, -0.1) is 0 Å². The Labute approximate surface area is 723 Å². The minimum absolute atomic E-state index is 1.31. The number of hydrogen-bond acceptors (Lipinski definition) is 74. The topological polar surface area (TPSA) is 0 Å². The van der Waals surface area contributed by atoms with Crippen LogP contribution in [0, 0.1) is 0 Å². The predicted octanol–water partition coefficient (Wildman–Crippen LogP) is 46.6. The highest BCUT2D eigenvalue weighted by molar-refractivity contribution is 9.66. The summed E-state index contributed by atoms with van der Waals surface area (Å²) in [7, 11) is 128. The molecule has 0 unspecified atom stereocenters. The highest BCUT2D eigenvalue weighted by Gasteiger charge is 2.07. The first-order chi connectivity index (χ1) is 37.6. The van der Waals surface area contributed by atoms with Crippen LogP contribution in [-0.4, -0.2) is 6.26 Å². The maximum absolute atomic E-state index is 5.24. The summed E-state index contributed by atoms with van der Waals surface area (Å²) >= 11 is 14.6.